The summed E-state index contributed by atoms with van der Waals surface area (Å²) < 4.78 is 13.0. The molecule has 1 aliphatic rings. The Balaban J connectivity index is 1.88. The van der Waals surface area contributed by atoms with Gasteiger partial charge in [0.2, 0.25) is 0 Å². The van der Waals surface area contributed by atoms with Crippen LogP contribution in [0.4, 0.5) is 10.1 Å². The van der Waals surface area contributed by atoms with Gasteiger partial charge in [0, 0.05) is 5.39 Å². The van der Waals surface area contributed by atoms with Gasteiger partial charge in [0.25, 0.3) is 11.8 Å². The van der Waals surface area contributed by atoms with Gasteiger partial charge in [0.15, 0.2) is 0 Å². The van der Waals surface area contributed by atoms with Crippen molar-refractivity contribution in [3.05, 3.63) is 71.7 Å². The van der Waals surface area contributed by atoms with Crippen molar-refractivity contribution in [3.8, 4) is 0 Å². The topological polar surface area (TPSA) is 50.3 Å². The number of carbonyl (C=O) groups excluding carboxylic acids is 2. The second-order valence-corrected chi connectivity index (χ2v) is 5.00. The second-order valence-electron chi connectivity index (χ2n) is 5.00. The van der Waals surface area contributed by atoms with Gasteiger partial charge in [-0.2, -0.15) is 0 Å². The van der Waals surface area contributed by atoms with Gasteiger partial charge in [-0.05, 0) is 36.4 Å². The highest BCUT2D eigenvalue weighted by atomic mass is 19.1. The Bertz CT molecular complexity index is 881. The van der Waals surface area contributed by atoms with Crippen molar-refractivity contribution in [1.82, 2.24) is 4.98 Å². The number of hydrogen-bond donors (Lipinski definition) is 0. The van der Waals surface area contributed by atoms with Gasteiger partial charge in [-0.1, -0.05) is 18.2 Å². The number of para-hydroxylation sites is 1. The molecule has 1 aliphatic heterocycles. The number of imide groups is 1. The van der Waals surface area contributed by atoms with Gasteiger partial charge < -0.3 is 0 Å². The van der Waals surface area contributed by atoms with Gasteiger partial charge in [-0.25, -0.2) is 14.3 Å². The number of hydrogen-bond acceptors (Lipinski definition) is 3. The smallest absolute Gasteiger partial charge is 0.268 e. The van der Waals surface area contributed by atoms with E-state index in [9.17, 15) is 14.0 Å². The van der Waals surface area contributed by atoms with Crippen molar-refractivity contribution in [1.29, 1.82) is 0 Å². The van der Waals surface area contributed by atoms with Crippen LogP contribution in [0.2, 0.25) is 0 Å². The molecule has 106 valence electrons. The fraction of sp³-hybridized carbons (Fsp3) is 0. The minimum absolute atomic E-state index is 0.132. The quantitative estimate of drug-likeness (QED) is 0.647. The summed E-state index contributed by atoms with van der Waals surface area (Å²) in [6, 6.07) is 14.2. The largest absolute Gasteiger partial charge is 0.284 e. The zero-order valence-corrected chi connectivity index (χ0v) is 11.3. The molecular weight excluding hydrogens is 283 g/mol. The maximum absolute atomic E-state index is 13.0. The van der Waals surface area contributed by atoms with E-state index in [0.29, 0.717) is 11.2 Å². The van der Waals surface area contributed by atoms with Gasteiger partial charge >= 0.3 is 0 Å². The number of aromatic nitrogens is 1. The summed E-state index contributed by atoms with van der Waals surface area (Å²) in [4.78, 5) is 30.3. The molecule has 0 N–H and O–H groups in total. The molecule has 2 amide bonds. The average Bonchev–Trinajstić information content (AvgIpc) is 2.78. The average molecular weight is 292 g/mol. The van der Waals surface area contributed by atoms with E-state index in [1.807, 2.05) is 18.2 Å². The minimum Gasteiger partial charge on any atom is -0.268 e. The van der Waals surface area contributed by atoms with Crippen LogP contribution >= 0.6 is 0 Å². The van der Waals surface area contributed by atoms with Crippen molar-refractivity contribution < 1.29 is 14.0 Å². The van der Waals surface area contributed by atoms with Crippen LogP contribution < -0.4 is 4.90 Å². The molecule has 0 saturated carbocycles. The summed E-state index contributed by atoms with van der Waals surface area (Å²) in [5, 5.41) is 0.795. The van der Waals surface area contributed by atoms with E-state index in [0.717, 1.165) is 10.3 Å². The van der Waals surface area contributed by atoms with E-state index < -0.39 is 17.6 Å². The first kappa shape index (κ1) is 12.6. The number of nitrogens with zero attached hydrogens (tertiary/aromatic N) is 2. The van der Waals surface area contributed by atoms with Gasteiger partial charge in [-0.3, -0.25) is 9.59 Å². The molecule has 4 nitrogen and oxygen atoms in total. The third-order valence-electron chi connectivity index (χ3n) is 3.65. The zero-order valence-electron chi connectivity index (χ0n) is 11.3. The normalized spacial score (nSPS) is 13.8. The van der Waals surface area contributed by atoms with E-state index in [1.165, 1.54) is 24.3 Å². The Morgan fingerprint density at radius 3 is 2.41 bits per heavy atom. The molecule has 1 aromatic heterocycles. The van der Waals surface area contributed by atoms with Gasteiger partial charge in [0.05, 0.1) is 16.8 Å². The van der Waals surface area contributed by atoms with Gasteiger partial charge in [0.1, 0.15) is 11.5 Å². The van der Waals surface area contributed by atoms with Crippen molar-refractivity contribution in [2.24, 2.45) is 0 Å². The Kier molecular flexibility index (Phi) is 2.56. The highest BCUT2D eigenvalue weighted by Gasteiger charge is 2.38. The predicted molar refractivity (Wildman–Crippen MR) is 79.3 cm³/mol. The van der Waals surface area contributed by atoms with Crippen LogP contribution in [-0.2, 0) is 0 Å². The molecule has 0 atom stereocenters. The first-order chi connectivity index (χ1) is 10.6. The molecule has 2 heterocycles. The Hall–Kier alpha value is -3.08. The molecule has 4 rings (SSSR count). The van der Waals surface area contributed by atoms with Crippen molar-refractivity contribution >= 4 is 28.4 Å². The lowest BCUT2D eigenvalue weighted by Gasteiger charge is -2.12. The van der Waals surface area contributed by atoms with Crippen LogP contribution in [0.25, 0.3) is 10.9 Å². The monoisotopic (exact) mass is 292 g/mol. The SMILES string of the molecule is O=C1c2cc3ccccc3nc2C(=O)N1c1ccc(F)cc1. The summed E-state index contributed by atoms with van der Waals surface area (Å²) in [6.07, 6.45) is 0. The van der Waals surface area contributed by atoms with Crippen LogP contribution in [0.5, 0.6) is 0 Å². The number of amides is 2. The number of fused-ring (bicyclic) bond motifs is 2. The highest BCUT2D eigenvalue weighted by Crippen LogP contribution is 2.29. The Labute approximate surface area is 124 Å². The lowest BCUT2D eigenvalue weighted by molar-refractivity contribution is 0.0924. The molecule has 0 radical (unpaired) electrons. The molecule has 0 bridgehead atoms. The lowest BCUT2D eigenvalue weighted by Crippen LogP contribution is -2.29. The second kappa shape index (κ2) is 4.46. The first-order valence-corrected chi connectivity index (χ1v) is 6.69. The fourth-order valence-electron chi connectivity index (χ4n) is 2.59. The molecule has 0 unspecified atom stereocenters. The number of rotatable bonds is 1. The van der Waals surface area contributed by atoms with Crippen molar-refractivity contribution in [2.45, 2.75) is 0 Å². The molecule has 0 spiro atoms. The maximum Gasteiger partial charge on any atom is 0.284 e. The number of pyridine rings is 1. The lowest BCUT2D eigenvalue weighted by atomic mass is 10.1. The van der Waals surface area contributed by atoms with Crippen LogP contribution in [0.1, 0.15) is 20.8 Å². The summed E-state index contributed by atoms with van der Waals surface area (Å²) in [6.45, 7) is 0. The van der Waals surface area contributed by atoms with Crippen molar-refractivity contribution in [2.75, 3.05) is 4.90 Å². The van der Waals surface area contributed by atoms with Gasteiger partial charge in [-0.15, -0.1) is 0 Å². The van der Waals surface area contributed by atoms with Crippen LogP contribution in [-0.4, -0.2) is 16.8 Å². The predicted octanol–water partition coefficient (Wildman–Crippen LogP) is 3.17. The molecule has 5 heteroatoms. The Morgan fingerprint density at radius 2 is 1.64 bits per heavy atom. The van der Waals surface area contributed by atoms with Crippen molar-refractivity contribution in [3.63, 3.8) is 0 Å². The van der Waals surface area contributed by atoms with E-state index in [4.69, 9.17) is 0 Å². The van der Waals surface area contributed by atoms with E-state index >= 15 is 0 Å². The number of carbonyl (C=O) groups is 2. The Morgan fingerprint density at radius 1 is 0.909 bits per heavy atom. The van der Waals surface area contributed by atoms with E-state index in [1.54, 1.807) is 12.1 Å². The highest BCUT2D eigenvalue weighted by molar-refractivity contribution is 6.34. The third kappa shape index (κ3) is 1.72. The molecular formula is C17H9FN2O2. The maximum atomic E-state index is 13.0. The summed E-state index contributed by atoms with van der Waals surface area (Å²) in [5.41, 5.74) is 1.39. The summed E-state index contributed by atoms with van der Waals surface area (Å²) in [5.74, 6) is -1.36. The number of benzene rings is 2. The third-order valence-corrected chi connectivity index (χ3v) is 3.65. The molecule has 0 aliphatic carbocycles. The molecule has 2 aromatic carbocycles. The van der Waals surface area contributed by atoms with Crippen LogP contribution in [0.3, 0.4) is 0 Å². The standard InChI is InChI=1S/C17H9FN2O2/c18-11-5-7-12(8-6-11)20-16(21)13-9-10-3-1-2-4-14(10)19-15(13)17(20)22/h1-9H. The zero-order chi connectivity index (χ0) is 15.3. The van der Waals surface area contributed by atoms with E-state index in [-0.39, 0.29) is 11.3 Å². The molecule has 0 fully saturated rings. The van der Waals surface area contributed by atoms with Crippen LogP contribution in [0, 0.1) is 5.82 Å². The fourth-order valence-corrected chi connectivity index (χ4v) is 2.59. The molecule has 22 heavy (non-hydrogen) atoms. The minimum atomic E-state index is -0.489. The van der Waals surface area contributed by atoms with E-state index in [2.05, 4.69) is 4.98 Å². The first-order valence-electron chi connectivity index (χ1n) is 6.69. The summed E-state index contributed by atoms with van der Waals surface area (Å²) >= 11 is 0. The molecule has 0 saturated heterocycles. The molecule has 3 aromatic rings. The number of halogens is 1. The number of anilines is 1. The van der Waals surface area contributed by atoms with Crippen LogP contribution in [0.15, 0.2) is 54.6 Å². The summed E-state index contributed by atoms with van der Waals surface area (Å²) in [7, 11) is 0.